The lowest BCUT2D eigenvalue weighted by molar-refractivity contribution is -0.304. The van der Waals surface area contributed by atoms with Gasteiger partial charge in [-0.2, -0.15) is 22.0 Å². The van der Waals surface area contributed by atoms with E-state index in [1.54, 1.807) is 12.1 Å². The van der Waals surface area contributed by atoms with E-state index < -0.39 is 24.2 Å². The van der Waals surface area contributed by atoms with Crippen molar-refractivity contribution >= 4 is 0 Å². The van der Waals surface area contributed by atoms with Gasteiger partial charge in [0.05, 0.1) is 0 Å². The van der Waals surface area contributed by atoms with Gasteiger partial charge in [-0.05, 0) is 60.6 Å². The maximum atomic E-state index is 13.6. The Hall–Kier alpha value is -1.40. The summed E-state index contributed by atoms with van der Waals surface area (Å²) in [5, 5.41) is 0. The zero-order chi connectivity index (χ0) is 22.7. The highest BCUT2D eigenvalue weighted by Gasteiger charge is 2.59. The fraction of sp³-hybridized carbons (Fsp3) is 0.750. The molecule has 0 saturated heterocycles. The lowest BCUT2D eigenvalue weighted by Crippen LogP contribution is -2.45. The topological polar surface area (TPSA) is 9.23 Å². The Morgan fingerprint density at radius 3 is 2.03 bits per heavy atom. The summed E-state index contributed by atoms with van der Waals surface area (Å²) < 4.78 is 81.5. The number of hydrogen-bond acceptors (Lipinski definition) is 1. The second-order valence-electron chi connectivity index (χ2n) is 9.32. The van der Waals surface area contributed by atoms with Crippen LogP contribution in [0.3, 0.4) is 0 Å². The molecular formula is C24H32F6O. The molecule has 2 saturated carbocycles. The predicted octanol–water partition coefficient (Wildman–Crippen LogP) is 8.37. The van der Waals surface area contributed by atoms with Crippen molar-refractivity contribution in [2.75, 3.05) is 0 Å². The molecule has 0 aliphatic heterocycles. The highest BCUT2D eigenvalue weighted by atomic mass is 19.4. The molecule has 0 amide bonds. The number of alkyl halides is 6. The lowest BCUT2D eigenvalue weighted by atomic mass is 9.57. The summed E-state index contributed by atoms with van der Waals surface area (Å²) >= 11 is 0. The molecule has 2 fully saturated rings. The molecule has 3 rings (SSSR count). The van der Waals surface area contributed by atoms with Gasteiger partial charge in [-0.25, -0.2) is 4.39 Å². The molecule has 0 radical (unpaired) electrons. The number of halogens is 6. The van der Waals surface area contributed by atoms with Crippen LogP contribution in [0.1, 0.15) is 83.1 Å². The fourth-order valence-corrected chi connectivity index (χ4v) is 5.78. The van der Waals surface area contributed by atoms with Crippen LogP contribution >= 0.6 is 0 Å². The molecule has 0 spiro atoms. The van der Waals surface area contributed by atoms with Gasteiger partial charge in [-0.1, -0.05) is 64.0 Å². The Morgan fingerprint density at radius 1 is 0.935 bits per heavy atom. The number of benzene rings is 1. The number of rotatable bonds is 7. The van der Waals surface area contributed by atoms with Crippen LogP contribution < -0.4 is 4.74 Å². The molecule has 1 nitrogen and oxygen atoms in total. The van der Waals surface area contributed by atoms with E-state index >= 15 is 0 Å². The summed E-state index contributed by atoms with van der Waals surface area (Å²) in [6.07, 6.45) is -2.39. The first-order valence-electron chi connectivity index (χ1n) is 11.5. The Labute approximate surface area is 180 Å². The van der Waals surface area contributed by atoms with E-state index in [9.17, 15) is 26.3 Å². The van der Waals surface area contributed by atoms with Crippen molar-refractivity contribution in [3.63, 3.8) is 0 Å². The van der Waals surface area contributed by atoms with Crippen molar-refractivity contribution in [2.45, 2.75) is 101 Å². The summed E-state index contributed by atoms with van der Waals surface area (Å²) in [4.78, 5) is 0. The first kappa shape index (κ1) is 24.2. The van der Waals surface area contributed by atoms with Crippen molar-refractivity contribution in [3.8, 4) is 5.75 Å². The molecule has 2 aliphatic carbocycles. The third-order valence-electron chi connectivity index (χ3n) is 7.34. The largest absolute Gasteiger partial charge is 0.439 e. The van der Waals surface area contributed by atoms with Crippen LogP contribution in [-0.2, 0) is 5.41 Å². The molecule has 0 bridgehead atoms. The molecule has 176 valence electrons. The van der Waals surface area contributed by atoms with E-state index in [-0.39, 0.29) is 5.41 Å². The van der Waals surface area contributed by atoms with Crippen molar-refractivity contribution in [1.29, 1.82) is 0 Å². The zero-order valence-corrected chi connectivity index (χ0v) is 18.0. The van der Waals surface area contributed by atoms with Gasteiger partial charge in [-0.3, -0.25) is 0 Å². The molecule has 0 heterocycles. The highest BCUT2D eigenvalue weighted by Crippen LogP contribution is 2.51. The summed E-state index contributed by atoms with van der Waals surface area (Å²) in [6.45, 7) is 2.21. The molecule has 1 unspecified atom stereocenters. The SMILES string of the molecule is CCCC1CCC(C2(c3ccc(OC(F)(F)C(F)C(F)(F)F)cc3)CCCCC2)CC1. The summed E-state index contributed by atoms with van der Waals surface area (Å²) in [5.74, 6) is 0.843. The third kappa shape index (κ3) is 5.51. The summed E-state index contributed by atoms with van der Waals surface area (Å²) in [7, 11) is 0. The normalized spacial score (nSPS) is 25.8. The monoisotopic (exact) mass is 450 g/mol. The minimum absolute atomic E-state index is 0.0227. The number of ether oxygens (including phenoxy) is 1. The van der Waals surface area contributed by atoms with E-state index in [1.807, 2.05) is 0 Å². The van der Waals surface area contributed by atoms with Crippen LogP contribution in [0.4, 0.5) is 26.3 Å². The average Bonchev–Trinajstić information content (AvgIpc) is 2.74. The van der Waals surface area contributed by atoms with E-state index in [0.29, 0.717) is 5.92 Å². The van der Waals surface area contributed by atoms with Gasteiger partial charge >= 0.3 is 12.3 Å². The number of hydrogen-bond donors (Lipinski definition) is 0. The molecule has 31 heavy (non-hydrogen) atoms. The molecule has 1 atom stereocenters. The van der Waals surface area contributed by atoms with Crippen molar-refractivity contribution in [3.05, 3.63) is 29.8 Å². The van der Waals surface area contributed by atoms with E-state index in [1.165, 1.54) is 44.2 Å². The van der Waals surface area contributed by atoms with E-state index in [2.05, 4.69) is 11.7 Å². The van der Waals surface area contributed by atoms with Crippen LogP contribution in [0.15, 0.2) is 24.3 Å². The zero-order valence-electron chi connectivity index (χ0n) is 18.0. The Morgan fingerprint density at radius 2 is 1.52 bits per heavy atom. The average molecular weight is 451 g/mol. The van der Waals surface area contributed by atoms with Crippen molar-refractivity contribution < 1.29 is 31.1 Å². The van der Waals surface area contributed by atoms with Crippen LogP contribution in [0, 0.1) is 11.8 Å². The van der Waals surface area contributed by atoms with Gasteiger partial charge in [-0.15, -0.1) is 0 Å². The maximum absolute atomic E-state index is 13.6. The molecule has 1 aromatic rings. The maximum Gasteiger partial charge on any atom is 0.439 e. The van der Waals surface area contributed by atoms with Crippen LogP contribution in [0.2, 0.25) is 0 Å². The van der Waals surface area contributed by atoms with Gasteiger partial charge in [0.2, 0.25) is 0 Å². The molecule has 7 heteroatoms. The minimum atomic E-state index is -5.69. The molecule has 0 N–H and O–H groups in total. The molecule has 0 aromatic heterocycles. The highest BCUT2D eigenvalue weighted by molar-refractivity contribution is 5.34. The first-order chi connectivity index (χ1) is 14.6. The molecule has 1 aromatic carbocycles. The second kappa shape index (κ2) is 9.62. The van der Waals surface area contributed by atoms with Gasteiger partial charge in [0, 0.05) is 0 Å². The van der Waals surface area contributed by atoms with Gasteiger partial charge in [0.15, 0.2) is 0 Å². The van der Waals surface area contributed by atoms with Gasteiger partial charge in [0.1, 0.15) is 5.75 Å². The minimum Gasteiger partial charge on any atom is -0.430 e. The van der Waals surface area contributed by atoms with Crippen LogP contribution in [-0.4, -0.2) is 18.5 Å². The lowest BCUT2D eigenvalue weighted by Gasteiger charge is -2.47. The molecule has 2 aliphatic rings. The second-order valence-corrected chi connectivity index (χ2v) is 9.32. The summed E-state index contributed by atoms with van der Waals surface area (Å²) in [6, 6.07) is 5.89. The van der Waals surface area contributed by atoms with Gasteiger partial charge < -0.3 is 4.74 Å². The van der Waals surface area contributed by atoms with Crippen molar-refractivity contribution in [2.24, 2.45) is 11.8 Å². The van der Waals surface area contributed by atoms with Gasteiger partial charge in [0.25, 0.3) is 6.17 Å². The standard InChI is InChI=1S/C24H32F6O/c1-2-6-17-7-9-18(10-8-17)22(15-4-3-5-16-22)19-11-13-20(14-12-19)31-24(29,30)21(25)23(26,27)28/h11-14,17-18,21H,2-10,15-16H2,1H3. The Kier molecular flexibility index (Phi) is 7.52. The third-order valence-corrected chi connectivity index (χ3v) is 7.34. The van der Waals surface area contributed by atoms with Crippen LogP contribution in [0.5, 0.6) is 5.75 Å². The van der Waals surface area contributed by atoms with E-state index in [0.717, 1.165) is 50.0 Å². The Bertz CT molecular complexity index is 685. The van der Waals surface area contributed by atoms with Crippen LogP contribution in [0.25, 0.3) is 0 Å². The molecular weight excluding hydrogens is 418 g/mol. The fourth-order valence-electron chi connectivity index (χ4n) is 5.78. The quantitative estimate of drug-likeness (QED) is 0.379. The van der Waals surface area contributed by atoms with E-state index in [4.69, 9.17) is 0 Å². The smallest absolute Gasteiger partial charge is 0.430 e. The summed E-state index contributed by atoms with van der Waals surface area (Å²) in [5.41, 5.74) is 1.01. The first-order valence-corrected chi connectivity index (χ1v) is 11.5. The van der Waals surface area contributed by atoms with Crippen molar-refractivity contribution in [1.82, 2.24) is 0 Å². The predicted molar refractivity (Wildman–Crippen MR) is 108 cm³/mol. The Balaban J connectivity index is 1.76.